The van der Waals surface area contributed by atoms with E-state index in [9.17, 15) is 0 Å². The molecule has 1 aliphatic heterocycles. The molecule has 0 N–H and O–H groups in total. The van der Waals surface area contributed by atoms with E-state index < -0.39 is 0 Å². The number of rotatable bonds is 4. The summed E-state index contributed by atoms with van der Waals surface area (Å²) in [5, 5.41) is 0. The average molecular weight is 217 g/mol. The Morgan fingerprint density at radius 3 is 2.69 bits per heavy atom. The monoisotopic (exact) mass is 217 g/mol. The normalized spacial score (nSPS) is 21.8. The van der Waals surface area contributed by atoms with Gasteiger partial charge >= 0.3 is 0 Å². The second-order valence-electron chi connectivity index (χ2n) is 5.50. The van der Waals surface area contributed by atoms with Crippen LogP contribution in [0.15, 0.2) is 30.3 Å². The number of likely N-dealkylation sites (tertiary alicyclic amines) is 1. The zero-order valence-corrected chi connectivity index (χ0v) is 10.5. The van der Waals surface area contributed by atoms with Gasteiger partial charge in [-0.2, -0.15) is 0 Å². The van der Waals surface area contributed by atoms with Gasteiger partial charge < -0.3 is 0 Å². The van der Waals surface area contributed by atoms with Gasteiger partial charge in [-0.1, -0.05) is 44.2 Å². The number of nitrogens with zero attached hydrogens (tertiary/aromatic N) is 1. The van der Waals surface area contributed by atoms with E-state index in [1.807, 2.05) is 0 Å². The van der Waals surface area contributed by atoms with Crippen LogP contribution < -0.4 is 0 Å². The molecule has 1 heterocycles. The topological polar surface area (TPSA) is 3.24 Å². The first-order valence-electron chi connectivity index (χ1n) is 6.50. The van der Waals surface area contributed by atoms with Crippen LogP contribution in [0.3, 0.4) is 0 Å². The lowest BCUT2D eigenvalue weighted by Gasteiger charge is -2.16. The highest BCUT2D eigenvalue weighted by atomic mass is 15.1. The van der Waals surface area contributed by atoms with Crippen molar-refractivity contribution in [3.63, 3.8) is 0 Å². The molecule has 0 amide bonds. The Kier molecular flexibility index (Phi) is 4.00. The highest BCUT2D eigenvalue weighted by Crippen LogP contribution is 2.24. The highest BCUT2D eigenvalue weighted by molar-refractivity contribution is 5.14. The van der Waals surface area contributed by atoms with Crippen LogP contribution in [0.5, 0.6) is 0 Å². The predicted molar refractivity (Wildman–Crippen MR) is 69.3 cm³/mol. The van der Waals surface area contributed by atoms with Crippen molar-refractivity contribution in [1.82, 2.24) is 4.90 Å². The Labute approximate surface area is 99.5 Å². The maximum Gasteiger partial charge on any atom is 0.0233 e. The molecular weight excluding hydrogens is 194 g/mol. The van der Waals surface area contributed by atoms with Crippen LogP contribution in [0.4, 0.5) is 0 Å². The number of benzene rings is 1. The van der Waals surface area contributed by atoms with Crippen LogP contribution in [0, 0.1) is 11.8 Å². The lowest BCUT2D eigenvalue weighted by atomic mass is 9.97. The third-order valence-electron chi connectivity index (χ3n) is 3.42. The van der Waals surface area contributed by atoms with Crippen LogP contribution in [0.2, 0.25) is 0 Å². The first-order chi connectivity index (χ1) is 7.74. The van der Waals surface area contributed by atoms with Gasteiger partial charge in [0.2, 0.25) is 0 Å². The van der Waals surface area contributed by atoms with E-state index in [0.29, 0.717) is 0 Å². The molecule has 2 rings (SSSR count). The maximum absolute atomic E-state index is 2.60. The zero-order valence-electron chi connectivity index (χ0n) is 10.5. The van der Waals surface area contributed by atoms with Crippen LogP contribution in [-0.2, 0) is 6.54 Å². The molecule has 0 radical (unpaired) electrons. The van der Waals surface area contributed by atoms with E-state index >= 15 is 0 Å². The zero-order chi connectivity index (χ0) is 11.4. The van der Waals surface area contributed by atoms with Crippen molar-refractivity contribution >= 4 is 0 Å². The van der Waals surface area contributed by atoms with Gasteiger partial charge in [0.15, 0.2) is 0 Å². The second kappa shape index (κ2) is 5.49. The largest absolute Gasteiger partial charge is 0.299 e. The van der Waals surface area contributed by atoms with Gasteiger partial charge in [-0.15, -0.1) is 0 Å². The van der Waals surface area contributed by atoms with Gasteiger partial charge in [0, 0.05) is 13.1 Å². The quantitative estimate of drug-likeness (QED) is 0.745. The van der Waals surface area contributed by atoms with E-state index in [0.717, 1.165) is 18.4 Å². The molecule has 1 aliphatic rings. The van der Waals surface area contributed by atoms with Crippen LogP contribution in [-0.4, -0.2) is 18.0 Å². The molecular formula is C15H23N. The summed E-state index contributed by atoms with van der Waals surface area (Å²) in [6.45, 7) is 8.38. The van der Waals surface area contributed by atoms with E-state index in [-0.39, 0.29) is 0 Å². The summed E-state index contributed by atoms with van der Waals surface area (Å²) in [4.78, 5) is 2.60. The van der Waals surface area contributed by atoms with Gasteiger partial charge in [-0.25, -0.2) is 0 Å². The predicted octanol–water partition coefficient (Wildman–Crippen LogP) is 3.55. The van der Waals surface area contributed by atoms with Gasteiger partial charge in [-0.3, -0.25) is 4.90 Å². The summed E-state index contributed by atoms with van der Waals surface area (Å²) in [7, 11) is 0. The first kappa shape index (κ1) is 11.7. The molecule has 1 heteroatoms. The van der Waals surface area contributed by atoms with Crippen molar-refractivity contribution in [2.45, 2.75) is 33.2 Å². The van der Waals surface area contributed by atoms with E-state index in [1.165, 1.54) is 31.5 Å². The fourth-order valence-electron chi connectivity index (χ4n) is 2.76. The lowest BCUT2D eigenvalue weighted by Crippen LogP contribution is -2.20. The molecule has 1 atom stereocenters. The van der Waals surface area contributed by atoms with Crippen molar-refractivity contribution in [1.29, 1.82) is 0 Å². The molecule has 0 bridgehead atoms. The molecule has 16 heavy (non-hydrogen) atoms. The fourth-order valence-corrected chi connectivity index (χ4v) is 2.76. The Balaban J connectivity index is 1.81. The number of hydrogen-bond acceptors (Lipinski definition) is 1. The lowest BCUT2D eigenvalue weighted by molar-refractivity contribution is 0.305. The van der Waals surface area contributed by atoms with Gasteiger partial charge in [0.25, 0.3) is 0 Å². The molecule has 1 nitrogen and oxygen atoms in total. The third kappa shape index (κ3) is 3.34. The maximum atomic E-state index is 2.60. The fraction of sp³-hybridized carbons (Fsp3) is 0.600. The molecule has 1 aromatic rings. The van der Waals surface area contributed by atoms with E-state index in [2.05, 4.69) is 49.1 Å². The van der Waals surface area contributed by atoms with E-state index in [4.69, 9.17) is 0 Å². The molecule has 1 saturated heterocycles. The Hall–Kier alpha value is -0.820. The van der Waals surface area contributed by atoms with Crippen LogP contribution >= 0.6 is 0 Å². The minimum Gasteiger partial charge on any atom is -0.299 e. The standard InChI is InChI=1S/C15H23N/c1-13(2)10-15-8-9-16(12-15)11-14-6-4-3-5-7-14/h3-7,13,15H,8-12H2,1-2H3. The Morgan fingerprint density at radius 1 is 1.25 bits per heavy atom. The molecule has 1 aromatic carbocycles. The molecule has 88 valence electrons. The minimum absolute atomic E-state index is 0.849. The summed E-state index contributed by atoms with van der Waals surface area (Å²) in [6, 6.07) is 10.8. The van der Waals surface area contributed by atoms with Gasteiger partial charge in [0.1, 0.15) is 0 Å². The summed E-state index contributed by atoms with van der Waals surface area (Å²) in [6.07, 6.45) is 2.79. The SMILES string of the molecule is CC(C)CC1CCN(Cc2ccccc2)C1. The Bertz CT molecular complexity index is 304. The van der Waals surface area contributed by atoms with E-state index in [1.54, 1.807) is 0 Å². The van der Waals surface area contributed by atoms with Crippen molar-refractivity contribution in [3.05, 3.63) is 35.9 Å². The first-order valence-corrected chi connectivity index (χ1v) is 6.50. The van der Waals surface area contributed by atoms with Crippen LogP contribution in [0.25, 0.3) is 0 Å². The van der Waals surface area contributed by atoms with Gasteiger partial charge in [0.05, 0.1) is 0 Å². The summed E-state index contributed by atoms with van der Waals surface area (Å²) in [5.41, 5.74) is 1.45. The second-order valence-corrected chi connectivity index (χ2v) is 5.50. The molecule has 0 saturated carbocycles. The molecule has 0 aliphatic carbocycles. The Morgan fingerprint density at radius 2 is 2.00 bits per heavy atom. The smallest absolute Gasteiger partial charge is 0.0233 e. The van der Waals surface area contributed by atoms with Crippen molar-refractivity contribution in [2.24, 2.45) is 11.8 Å². The summed E-state index contributed by atoms with van der Waals surface area (Å²) < 4.78 is 0. The van der Waals surface area contributed by atoms with Crippen molar-refractivity contribution < 1.29 is 0 Å². The number of hydrogen-bond donors (Lipinski definition) is 0. The van der Waals surface area contributed by atoms with Crippen LogP contribution in [0.1, 0.15) is 32.3 Å². The summed E-state index contributed by atoms with van der Waals surface area (Å²) in [5.74, 6) is 1.78. The molecule has 1 unspecified atom stereocenters. The molecule has 1 fully saturated rings. The van der Waals surface area contributed by atoms with Crippen molar-refractivity contribution in [3.8, 4) is 0 Å². The highest BCUT2D eigenvalue weighted by Gasteiger charge is 2.22. The average Bonchev–Trinajstić information content (AvgIpc) is 2.66. The minimum atomic E-state index is 0.849. The van der Waals surface area contributed by atoms with Crippen molar-refractivity contribution in [2.75, 3.05) is 13.1 Å². The molecule has 0 spiro atoms. The summed E-state index contributed by atoms with van der Waals surface area (Å²) >= 11 is 0. The third-order valence-corrected chi connectivity index (χ3v) is 3.42. The molecule has 0 aromatic heterocycles. The van der Waals surface area contributed by atoms with Gasteiger partial charge in [-0.05, 0) is 36.8 Å².